The number of nitro groups is 1. The van der Waals surface area contributed by atoms with Crippen LogP contribution in [-0.2, 0) is 12.8 Å². The van der Waals surface area contributed by atoms with Crippen LogP contribution in [0.1, 0.15) is 24.0 Å². The van der Waals surface area contributed by atoms with E-state index in [1.807, 2.05) is 12.1 Å². The first-order valence-corrected chi connectivity index (χ1v) is 6.98. The Kier molecular flexibility index (Phi) is 3.70. The molecule has 7 heteroatoms. The standard InChI is InChI=1S/C14H12ClN3O3/c15-14-16-8-12(18(19)20)13(17-14)21-11-6-5-9-3-1-2-4-10(9)7-11/h5-8H,1-4H2. The number of hydrogen-bond acceptors (Lipinski definition) is 5. The molecule has 0 unspecified atom stereocenters. The van der Waals surface area contributed by atoms with Crippen LogP contribution in [0.2, 0.25) is 5.28 Å². The molecule has 0 radical (unpaired) electrons. The second kappa shape index (κ2) is 5.65. The van der Waals surface area contributed by atoms with E-state index in [4.69, 9.17) is 16.3 Å². The van der Waals surface area contributed by atoms with Crippen LogP contribution < -0.4 is 4.74 Å². The molecule has 1 heterocycles. The summed E-state index contributed by atoms with van der Waals surface area (Å²) in [5, 5.41) is 10.9. The van der Waals surface area contributed by atoms with Gasteiger partial charge in [0, 0.05) is 0 Å². The molecule has 108 valence electrons. The Hall–Kier alpha value is -2.21. The van der Waals surface area contributed by atoms with Crippen molar-refractivity contribution in [3.05, 3.63) is 50.9 Å². The van der Waals surface area contributed by atoms with Gasteiger partial charge in [0.25, 0.3) is 0 Å². The Morgan fingerprint density at radius 3 is 2.76 bits per heavy atom. The summed E-state index contributed by atoms with van der Waals surface area (Å²) < 4.78 is 5.54. The molecular formula is C14H12ClN3O3. The summed E-state index contributed by atoms with van der Waals surface area (Å²) >= 11 is 5.68. The fraction of sp³-hybridized carbons (Fsp3) is 0.286. The van der Waals surface area contributed by atoms with Crippen LogP contribution >= 0.6 is 11.6 Å². The molecule has 6 nitrogen and oxygen atoms in total. The van der Waals surface area contributed by atoms with Gasteiger partial charge in [-0.15, -0.1) is 0 Å². The summed E-state index contributed by atoms with van der Waals surface area (Å²) in [4.78, 5) is 17.8. The lowest BCUT2D eigenvalue weighted by molar-refractivity contribution is -0.386. The van der Waals surface area contributed by atoms with E-state index in [0.29, 0.717) is 5.75 Å². The summed E-state index contributed by atoms with van der Waals surface area (Å²) in [5.74, 6) is 0.379. The molecule has 1 aliphatic carbocycles. The van der Waals surface area contributed by atoms with Gasteiger partial charge >= 0.3 is 11.6 Å². The third-order valence-electron chi connectivity index (χ3n) is 3.44. The second-order valence-corrected chi connectivity index (χ2v) is 5.16. The lowest BCUT2D eigenvalue weighted by Gasteiger charge is -2.16. The Balaban J connectivity index is 1.93. The number of benzene rings is 1. The Morgan fingerprint density at radius 2 is 2.00 bits per heavy atom. The maximum absolute atomic E-state index is 11.0. The van der Waals surface area contributed by atoms with Crippen LogP contribution in [0.15, 0.2) is 24.4 Å². The molecule has 21 heavy (non-hydrogen) atoms. The lowest BCUT2D eigenvalue weighted by atomic mass is 9.92. The third kappa shape index (κ3) is 2.95. The fourth-order valence-electron chi connectivity index (χ4n) is 2.42. The largest absolute Gasteiger partial charge is 0.434 e. The SMILES string of the molecule is O=[N+]([O-])c1cnc(Cl)nc1Oc1ccc2c(c1)CCCC2. The van der Waals surface area contributed by atoms with Gasteiger partial charge in [-0.1, -0.05) is 6.07 Å². The van der Waals surface area contributed by atoms with Crippen LogP contribution in [0.5, 0.6) is 11.6 Å². The number of fused-ring (bicyclic) bond motifs is 1. The normalized spacial score (nSPS) is 13.6. The highest BCUT2D eigenvalue weighted by atomic mass is 35.5. The van der Waals surface area contributed by atoms with Crippen molar-refractivity contribution in [1.29, 1.82) is 0 Å². The molecule has 0 aliphatic heterocycles. The molecule has 0 saturated heterocycles. The summed E-state index contributed by atoms with van der Waals surface area (Å²) in [6.07, 6.45) is 5.45. The van der Waals surface area contributed by atoms with Crippen molar-refractivity contribution >= 4 is 17.3 Å². The Labute approximate surface area is 125 Å². The van der Waals surface area contributed by atoms with Gasteiger partial charge < -0.3 is 4.74 Å². The number of rotatable bonds is 3. The zero-order chi connectivity index (χ0) is 14.8. The summed E-state index contributed by atoms with van der Waals surface area (Å²) in [7, 11) is 0. The molecule has 0 amide bonds. The van der Waals surface area contributed by atoms with Crippen LogP contribution in [0, 0.1) is 10.1 Å². The van der Waals surface area contributed by atoms with Gasteiger partial charge in [-0.05, 0) is 60.5 Å². The van der Waals surface area contributed by atoms with E-state index in [1.54, 1.807) is 6.07 Å². The summed E-state index contributed by atoms with van der Waals surface area (Å²) in [5.41, 5.74) is 2.22. The highest BCUT2D eigenvalue weighted by molar-refractivity contribution is 6.28. The van der Waals surface area contributed by atoms with Crippen LogP contribution in [0.3, 0.4) is 0 Å². The van der Waals surface area contributed by atoms with Crippen LogP contribution in [0.25, 0.3) is 0 Å². The number of aromatic nitrogens is 2. The molecule has 0 saturated carbocycles. The lowest BCUT2D eigenvalue weighted by Crippen LogP contribution is -2.03. The van der Waals surface area contributed by atoms with E-state index in [2.05, 4.69) is 9.97 Å². The maximum atomic E-state index is 11.0. The molecule has 0 spiro atoms. The monoisotopic (exact) mass is 305 g/mol. The van der Waals surface area contributed by atoms with E-state index < -0.39 is 4.92 Å². The minimum absolute atomic E-state index is 0.0893. The smallest absolute Gasteiger partial charge is 0.349 e. The zero-order valence-corrected chi connectivity index (χ0v) is 11.8. The predicted octanol–water partition coefficient (Wildman–Crippen LogP) is 3.71. The van der Waals surface area contributed by atoms with Gasteiger partial charge in [0.2, 0.25) is 5.28 Å². The van der Waals surface area contributed by atoms with E-state index in [0.717, 1.165) is 25.5 Å². The van der Waals surface area contributed by atoms with Crippen LogP contribution in [0.4, 0.5) is 5.69 Å². The molecule has 3 rings (SSSR count). The molecule has 1 aliphatic rings. The fourth-order valence-corrected chi connectivity index (χ4v) is 2.55. The first-order chi connectivity index (χ1) is 10.1. The van der Waals surface area contributed by atoms with Crippen molar-refractivity contribution in [1.82, 2.24) is 9.97 Å². The average molecular weight is 306 g/mol. The molecule has 1 aromatic heterocycles. The topological polar surface area (TPSA) is 78.2 Å². The van der Waals surface area contributed by atoms with Crippen molar-refractivity contribution in [2.75, 3.05) is 0 Å². The number of halogens is 1. The van der Waals surface area contributed by atoms with E-state index >= 15 is 0 Å². The van der Waals surface area contributed by atoms with Crippen molar-refractivity contribution in [2.24, 2.45) is 0 Å². The van der Waals surface area contributed by atoms with E-state index in [-0.39, 0.29) is 16.9 Å². The van der Waals surface area contributed by atoms with Crippen molar-refractivity contribution < 1.29 is 9.66 Å². The van der Waals surface area contributed by atoms with E-state index in [9.17, 15) is 10.1 Å². The second-order valence-electron chi connectivity index (χ2n) is 4.83. The van der Waals surface area contributed by atoms with Gasteiger partial charge in [0.1, 0.15) is 11.9 Å². The summed E-state index contributed by atoms with van der Waals surface area (Å²) in [6, 6.07) is 5.70. The minimum atomic E-state index is -0.593. The number of aryl methyl sites for hydroxylation is 2. The van der Waals surface area contributed by atoms with Gasteiger partial charge in [-0.25, -0.2) is 4.98 Å². The van der Waals surface area contributed by atoms with Crippen LogP contribution in [-0.4, -0.2) is 14.9 Å². The first kappa shape index (κ1) is 13.8. The highest BCUT2D eigenvalue weighted by Gasteiger charge is 2.20. The predicted molar refractivity (Wildman–Crippen MR) is 76.9 cm³/mol. The van der Waals surface area contributed by atoms with Gasteiger partial charge in [-0.3, -0.25) is 10.1 Å². The number of hydrogen-bond donors (Lipinski definition) is 0. The van der Waals surface area contributed by atoms with Crippen molar-refractivity contribution in [3.63, 3.8) is 0 Å². The van der Waals surface area contributed by atoms with Crippen molar-refractivity contribution in [3.8, 4) is 11.6 Å². The quantitative estimate of drug-likeness (QED) is 0.490. The van der Waals surface area contributed by atoms with Gasteiger partial charge in [0.15, 0.2) is 0 Å². The maximum Gasteiger partial charge on any atom is 0.349 e. The molecule has 2 aromatic rings. The average Bonchev–Trinajstić information content (AvgIpc) is 2.47. The number of nitrogens with zero attached hydrogens (tertiary/aromatic N) is 3. The molecule has 0 N–H and O–H groups in total. The minimum Gasteiger partial charge on any atom is -0.434 e. The molecular weight excluding hydrogens is 294 g/mol. The zero-order valence-electron chi connectivity index (χ0n) is 11.1. The molecule has 0 bridgehead atoms. The Bertz CT molecular complexity index is 706. The molecule has 1 aromatic carbocycles. The third-order valence-corrected chi connectivity index (χ3v) is 3.62. The molecule has 0 fully saturated rings. The van der Waals surface area contributed by atoms with Gasteiger partial charge in [0.05, 0.1) is 4.92 Å². The Morgan fingerprint density at radius 1 is 1.24 bits per heavy atom. The summed E-state index contributed by atoms with van der Waals surface area (Å²) in [6.45, 7) is 0. The highest BCUT2D eigenvalue weighted by Crippen LogP contribution is 2.32. The molecule has 0 atom stereocenters. The van der Waals surface area contributed by atoms with E-state index in [1.165, 1.54) is 17.5 Å². The first-order valence-electron chi connectivity index (χ1n) is 6.60. The number of ether oxygens (including phenoxy) is 1. The van der Waals surface area contributed by atoms with Crippen molar-refractivity contribution in [2.45, 2.75) is 25.7 Å². The van der Waals surface area contributed by atoms with Gasteiger partial charge in [-0.2, -0.15) is 4.98 Å².